The number of carbonyl (C=O) groups excluding carboxylic acids is 1. The maximum atomic E-state index is 13.2. The van der Waals surface area contributed by atoms with Gasteiger partial charge in [-0.1, -0.05) is 54.4 Å². The number of likely N-dealkylation sites (tertiary alicyclic amines) is 1. The summed E-state index contributed by atoms with van der Waals surface area (Å²) in [7, 11) is 3.22. The molecule has 1 saturated heterocycles. The summed E-state index contributed by atoms with van der Waals surface area (Å²) in [6, 6.07) is 4.11. The van der Waals surface area contributed by atoms with E-state index in [0.717, 1.165) is 50.6 Å². The molecule has 1 unspecified atom stereocenters. The maximum Gasteiger partial charge on any atom is 0.237 e. The Morgan fingerprint density at radius 1 is 1.14 bits per heavy atom. The minimum absolute atomic E-state index is 0.193. The molecule has 1 N–H and O–H groups in total. The van der Waals surface area contributed by atoms with Crippen molar-refractivity contribution in [2.45, 2.75) is 106 Å². The molecule has 0 saturated carbocycles. The van der Waals surface area contributed by atoms with Gasteiger partial charge in [-0.05, 0) is 32.6 Å². The maximum absolute atomic E-state index is 13.2. The monoisotopic (exact) mass is 496 g/mol. The molecular formula is C28H52N2O5. The quantitative estimate of drug-likeness (QED) is 0.345. The smallest absolute Gasteiger partial charge is 0.237 e. The molecule has 0 aromatic heterocycles. The second-order valence-electron chi connectivity index (χ2n) is 8.27. The average molecular weight is 497 g/mol. The van der Waals surface area contributed by atoms with Gasteiger partial charge < -0.3 is 24.2 Å². The lowest BCUT2D eigenvalue weighted by atomic mass is 10.0. The summed E-state index contributed by atoms with van der Waals surface area (Å²) in [6.45, 7) is 15.9. The summed E-state index contributed by atoms with van der Waals surface area (Å²) in [6.07, 6.45) is 6.42. The molecule has 0 spiro atoms. The molecule has 204 valence electrons. The van der Waals surface area contributed by atoms with E-state index >= 15 is 0 Å². The van der Waals surface area contributed by atoms with Gasteiger partial charge in [0, 0.05) is 37.3 Å². The minimum Gasteiger partial charge on any atom is -0.496 e. The van der Waals surface area contributed by atoms with Crippen LogP contribution >= 0.6 is 0 Å². The lowest BCUT2D eigenvalue weighted by molar-refractivity contribution is -0.133. The van der Waals surface area contributed by atoms with Crippen LogP contribution in [0.2, 0.25) is 0 Å². The lowest BCUT2D eigenvalue weighted by Gasteiger charge is -2.34. The van der Waals surface area contributed by atoms with Gasteiger partial charge in [0.1, 0.15) is 17.2 Å². The van der Waals surface area contributed by atoms with Gasteiger partial charge in [-0.2, -0.15) is 0 Å². The van der Waals surface area contributed by atoms with Gasteiger partial charge in [0.15, 0.2) is 6.79 Å². The predicted octanol–water partition coefficient (Wildman–Crippen LogP) is 5.87. The van der Waals surface area contributed by atoms with Crippen LogP contribution in [0.1, 0.15) is 92.6 Å². The molecule has 1 aromatic rings. The number of aliphatic hydroxyl groups is 1. The molecule has 1 aliphatic rings. The van der Waals surface area contributed by atoms with E-state index in [4.69, 9.17) is 19.3 Å². The molecule has 0 bridgehead atoms. The average Bonchev–Trinajstić information content (AvgIpc) is 3.33. The van der Waals surface area contributed by atoms with Crippen molar-refractivity contribution in [1.82, 2.24) is 9.80 Å². The number of carbonyl (C=O) groups is 1. The van der Waals surface area contributed by atoms with Gasteiger partial charge in [-0.15, -0.1) is 0 Å². The highest BCUT2D eigenvalue weighted by atomic mass is 16.6. The highest BCUT2D eigenvalue weighted by Crippen LogP contribution is 2.36. The zero-order valence-corrected chi connectivity index (χ0v) is 23.9. The number of hydrogen-bond donors (Lipinski definition) is 1. The molecule has 1 aromatic carbocycles. The van der Waals surface area contributed by atoms with Crippen molar-refractivity contribution in [3.8, 4) is 17.2 Å². The van der Waals surface area contributed by atoms with Crippen LogP contribution < -0.4 is 14.2 Å². The highest BCUT2D eigenvalue weighted by molar-refractivity contribution is 5.79. The van der Waals surface area contributed by atoms with Gasteiger partial charge in [-0.3, -0.25) is 9.69 Å². The Morgan fingerprint density at radius 3 is 2.17 bits per heavy atom. The lowest BCUT2D eigenvalue weighted by Crippen LogP contribution is -2.45. The van der Waals surface area contributed by atoms with Gasteiger partial charge in [0.05, 0.1) is 26.3 Å². The topological polar surface area (TPSA) is 71.5 Å². The minimum atomic E-state index is -0.421. The molecule has 1 amide bonds. The molecule has 2 atom stereocenters. The fourth-order valence-electron chi connectivity index (χ4n) is 4.44. The first-order valence-electron chi connectivity index (χ1n) is 13.5. The van der Waals surface area contributed by atoms with E-state index in [1.54, 1.807) is 26.4 Å². The van der Waals surface area contributed by atoms with E-state index in [1.165, 1.54) is 0 Å². The molecule has 35 heavy (non-hydrogen) atoms. The predicted molar refractivity (Wildman–Crippen MR) is 144 cm³/mol. The summed E-state index contributed by atoms with van der Waals surface area (Å²) >= 11 is 0. The van der Waals surface area contributed by atoms with E-state index in [9.17, 15) is 4.79 Å². The van der Waals surface area contributed by atoms with Crippen molar-refractivity contribution in [2.75, 3.05) is 34.1 Å². The first-order chi connectivity index (χ1) is 17.0. The first-order valence-corrected chi connectivity index (χ1v) is 13.5. The van der Waals surface area contributed by atoms with Gasteiger partial charge >= 0.3 is 0 Å². The van der Waals surface area contributed by atoms with Gasteiger partial charge in [0.25, 0.3) is 0 Å². The van der Waals surface area contributed by atoms with Gasteiger partial charge in [-0.25, -0.2) is 0 Å². The molecular weight excluding hydrogens is 444 g/mol. The van der Waals surface area contributed by atoms with Crippen molar-refractivity contribution in [3.63, 3.8) is 0 Å². The Kier molecular flexibility index (Phi) is 18.1. The zero-order valence-electron chi connectivity index (χ0n) is 23.9. The summed E-state index contributed by atoms with van der Waals surface area (Å²) in [5.41, 5.74) is 0.882. The third-order valence-corrected chi connectivity index (χ3v) is 6.26. The number of methoxy groups -OCH3 is 2. The van der Waals surface area contributed by atoms with E-state index in [0.29, 0.717) is 42.4 Å². The number of rotatable bonds is 13. The normalized spacial score (nSPS) is 15.5. The van der Waals surface area contributed by atoms with Crippen LogP contribution in [0.25, 0.3) is 0 Å². The molecule has 0 aliphatic carbocycles. The molecule has 1 fully saturated rings. The van der Waals surface area contributed by atoms with Crippen LogP contribution in [0.3, 0.4) is 0 Å². The molecule has 1 heterocycles. The van der Waals surface area contributed by atoms with Crippen molar-refractivity contribution < 1.29 is 24.1 Å². The molecule has 1 aliphatic heterocycles. The summed E-state index contributed by atoms with van der Waals surface area (Å²) in [5.74, 6) is 1.92. The number of nitrogens with zero attached hydrogens (tertiary/aromatic N) is 2. The van der Waals surface area contributed by atoms with E-state index in [-0.39, 0.29) is 5.91 Å². The van der Waals surface area contributed by atoms with Gasteiger partial charge in [0.2, 0.25) is 5.91 Å². The van der Waals surface area contributed by atoms with Crippen LogP contribution in [0.4, 0.5) is 0 Å². The fourth-order valence-corrected chi connectivity index (χ4v) is 4.44. The summed E-state index contributed by atoms with van der Waals surface area (Å²) < 4.78 is 16.5. The second-order valence-corrected chi connectivity index (χ2v) is 8.27. The Morgan fingerprint density at radius 2 is 1.74 bits per heavy atom. The Bertz CT molecular complexity index is 673. The van der Waals surface area contributed by atoms with Crippen LogP contribution in [-0.2, 0) is 11.3 Å². The number of aliphatic hydroxyl groups excluding tert-OH is 1. The molecule has 7 heteroatoms. The van der Waals surface area contributed by atoms with Crippen molar-refractivity contribution in [3.05, 3.63) is 17.7 Å². The van der Waals surface area contributed by atoms with E-state index in [1.807, 2.05) is 32.6 Å². The van der Waals surface area contributed by atoms with E-state index < -0.39 is 6.79 Å². The number of amides is 1. The summed E-state index contributed by atoms with van der Waals surface area (Å²) in [5, 5.41) is 9.12. The van der Waals surface area contributed by atoms with Crippen LogP contribution in [-0.4, -0.2) is 67.0 Å². The van der Waals surface area contributed by atoms with Crippen molar-refractivity contribution in [2.24, 2.45) is 0 Å². The Balaban J connectivity index is 0.00000274. The largest absolute Gasteiger partial charge is 0.496 e. The zero-order chi connectivity index (χ0) is 26.8. The summed E-state index contributed by atoms with van der Waals surface area (Å²) in [4.78, 5) is 17.5. The molecule has 0 radical (unpaired) electrons. The first kappa shape index (κ1) is 33.0. The standard InChI is InChI=1S/C24H40N2O5.2C2H6/c1-6-8-11-19(7-2)25(16-24(28)26-12-9-10-18(26)3)15-21-22(29-4)13-20(31-17-27)14-23(21)30-5;2*1-2/h13-14,18-19,27H,6-12,15-17H2,1-5H3;2*1-2H3/t18-,19?;;/m1../s1. The fraction of sp³-hybridized carbons (Fsp3) is 0.750. The SMILES string of the molecule is CC.CC.CCCCC(CC)N(CC(=O)N1CCC[C@H]1C)Cc1c(OC)cc(OCO)cc1OC. The Hall–Kier alpha value is -1.99. The molecule has 7 nitrogen and oxygen atoms in total. The Labute approximate surface area is 214 Å². The van der Waals surface area contributed by atoms with Crippen LogP contribution in [0, 0.1) is 0 Å². The number of unbranched alkanes of at least 4 members (excludes halogenated alkanes) is 1. The molecule has 2 rings (SSSR count). The third kappa shape index (κ3) is 10.3. The van der Waals surface area contributed by atoms with Crippen molar-refractivity contribution >= 4 is 5.91 Å². The van der Waals surface area contributed by atoms with E-state index in [2.05, 4.69) is 25.7 Å². The number of benzene rings is 1. The third-order valence-electron chi connectivity index (χ3n) is 6.26. The van der Waals surface area contributed by atoms with Crippen molar-refractivity contribution in [1.29, 1.82) is 0 Å². The van der Waals surface area contributed by atoms with Crippen LogP contribution in [0.15, 0.2) is 12.1 Å². The number of hydrogen-bond acceptors (Lipinski definition) is 6. The van der Waals surface area contributed by atoms with Crippen LogP contribution in [0.5, 0.6) is 17.2 Å². The highest BCUT2D eigenvalue weighted by Gasteiger charge is 2.29. The number of ether oxygens (including phenoxy) is 3. The second kappa shape index (κ2) is 19.2.